The largest absolute Gasteiger partial charge is 0.350 e. The topological polar surface area (TPSA) is 49.4 Å². The summed E-state index contributed by atoms with van der Waals surface area (Å²) in [7, 11) is 0. The van der Waals surface area contributed by atoms with Crippen LogP contribution in [0.1, 0.15) is 25.0 Å². The second kappa shape index (κ2) is 8.24. The summed E-state index contributed by atoms with van der Waals surface area (Å²) in [5, 5.41) is 2.66. The van der Waals surface area contributed by atoms with Crippen molar-refractivity contribution in [2.75, 3.05) is 11.4 Å². The molecule has 5 heteroatoms. The van der Waals surface area contributed by atoms with Crippen molar-refractivity contribution in [3.8, 4) is 0 Å². The van der Waals surface area contributed by atoms with Crippen molar-refractivity contribution in [1.82, 2.24) is 5.32 Å². The van der Waals surface area contributed by atoms with Gasteiger partial charge >= 0.3 is 0 Å². The van der Waals surface area contributed by atoms with Gasteiger partial charge in [0.15, 0.2) is 0 Å². The molecule has 2 aromatic carbocycles. The molecule has 0 unspecified atom stereocenters. The van der Waals surface area contributed by atoms with Gasteiger partial charge in [-0.2, -0.15) is 0 Å². The summed E-state index contributed by atoms with van der Waals surface area (Å²) in [5.41, 5.74) is 2.14. The molecule has 24 heavy (non-hydrogen) atoms. The van der Waals surface area contributed by atoms with Crippen molar-refractivity contribution in [3.63, 3.8) is 0 Å². The predicted octanol–water partition coefficient (Wildman–Crippen LogP) is 3.06. The number of hydrogen-bond donors (Lipinski definition) is 1. The normalized spacial score (nSPS) is 10.3. The van der Waals surface area contributed by atoms with Gasteiger partial charge in [0.1, 0.15) is 12.4 Å². The molecule has 0 bridgehead atoms. The van der Waals surface area contributed by atoms with Crippen LogP contribution in [0.15, 0.2) is 48.5 Å². The van der Waals surface area contributed by atoms with Crippen LogP contribution in [-0.2, 0) is 22.6 Å². The average molecular weight is 328 g/mol. The van der Waals surface area contributed by atoms with Crippen LogP contribution in [0.4, 0.5) is 10.1 Å². The smallest absolute Gasteiger partial charge is 0.240 e. The van der Waals surface area contributed by atoms with E-state index in [4.69, 9.17) is 0 Å². The molecule has 0 aliphatic rings. The number of carbonyl (C=O) groups is 2. The maximum Gasteiger partial charge on any atom is 0.240 e. The van der Waals surface area contributed by atoms with E-state index in [0.29, 0.717) is 5.56 Å². The molecule has 0 atom stereocenters. The minimum absolute atomic E-state index is 0.0900. The first-order chi connectivity index (χ1) is 11.5. The Bertz CT molecular complexity index is 731. The number of aryl methyl sites for hydroxylation is 1. The molecule has 4 nitrogen and oxygen atoms in total. The SMILES string of the molecule is CCc1ccccc1N(CC(=O)NCc1ccccc1F)C(C)=O. The number of benzene rings is 2. The number of amides is 2. The first-order valence-corrected chi connectivity index (χ1v) is 7.89. The van der Waals surface area contributed by atoms with Crippen LogP contribution in [0.25, 0.3) is 0 Å². The number of rotatable bonds is 6. The zero-order valence-corrected chi connectivity index (χ0v) is 13.9. The third-order valence-corrected chi connectivity index (χ3v) is 3.78. The number of carbonyl (C=O) groups excluding carboxylic acids is 2. The van der Waals surface area contributed by atoms with E-state index < -0.39 is 0 Å². The third kappa shape index (κ3) is 4.41. The molecule has 126 valence electrons. The van der Waals surface area contributed by atoms with Crippen LogP contribution in [0.2, 0.25) is 0 Å². The molecule has 0 aliphatic heterocycles. The molecule has 2 aromatic rings. The lowest BCUT2D eigenvalue weighted by atomic mass is 10.1. The molecule has 1 N–H and O–H groups in total. The Kier molecular flexibility index (Phi) is 6.07. The van der Waals surface area contributed by atoms with Crippen LogP contribution >= 0.6 is 0 Å². The highest BCUT2D eigenvalue weighted by Gasteiger charge is 2.18. The summed E-state index contributed by atoms with van der Waals surface area (Å²) < 4.78 is 13.6. The lowest BCUT2D eigenvalue weighted by molar-refractivity contribution is -0.123. The first-order valence-electron chi connectivity index (χ1n) is 7.89. The van der Waals surface area contributed by atoms with E-state index in [0.717, 1.165) is 17.7 Å². The molecule has 0 aromatic heterocycles. The second-order valence-corrected chi connectivity index (χ2v) is 5.46. The Balaban J connectivity index is 2.07. The Hall–Kier alpha value is -2.69. The van der Waals surface area contributed by atoms with E-state index in [1.807, 2.05) is 31.2 Å². The van der Waals surface area contributed by atoms with Gasteiger partial charge < -0.3 is 10.2 Å². The molecule has 0 heterocycles. The van der Waals surface area contributed by atoms with Crippen molar-refractivity contribution >= 4 is 17.5 Å². The molecule has 0 radical (unpaired) electrons. The molecule has 0 spiro atoms. The lowest BCUT2D eigenvalue weighted by Gasteiger charge is -2.23. The summed E-state index contributed by atoms with van der Waals surface area (Å²) in [6.07, 6.45) is 0.761. The maximum atomic E-state index is 13.6. The second-order valence-electron chi connectivity index (χ2n) is 5.46. The van der Waals surface area contributed by atoms with Crippen LogP contribution in [0.3, 0.4) is 0 Å². The van der Waals surface area contributed by atoms with E-state index in [1.165, 1.54) is 17.9 Å². The van der Waals surface area contributed by atoms with Crippen LogP contribution in [0.5, 0.6) is 0 Å². The molecule has 0 saturated carbocycles. The fourth-order valence-corrected chi connectivity index (χ4v) is 2.47. The van der Waals surface area contributed by atoms with Gasteiger partial charge in [-0.25, -0.2) is 4.39 Å². The van der Waals surface area contributed by atoms with Gasteiger partial charge in [0, 0.05) is 24.7 Å². The number of anilines is 1. The summed E-state index contributed by atoms with van der Waals surface area (Å²) >= 11 is 0. The summed E-state index contributed by atoms with van der Waals surface area (Å²) in [6.45, 7) is 3.42. The Labute approximate surface area is 141 Å². The van der Waals surface area contributed by atoms with Gasteiger partial charge in [-0.15, -0.1) is 0 Å². The highest BCUT2D eigenvalue weighted by molar-refractivity contribution is 5.98. The molecule has 0 aliphatic carbocycles. The predicted molar refractivity (Wildman–Crippen MR) is 92.1 cm³/mol. The van der Waals surface area contributed by atoms with E-state index in [1.54, 1.807) is 18.2 Å². The number of nitrogens with zero attached hydrogens (tertiary/aromatic N) is 1. The molecule has 0 fully saturated rings. The fraction of sp³-hybridized carbons (Fsp3) is 0.263. The van der Waals surface area contributed by atoms with E-state index in [-0.39, 0.29) is 30.7 Å². The van der Waals surface area contributed by atoms with E-state index >= 15 is 0 Å². The summed E-state index contributed by atoms with van der Waals surface area (Å²) in [4.78, 5) is 25.6. The lowest BCUT2D eigenvalue weighted by Crippen LogP contribution is -2.40. The first kappa shape index (κ1) is 17.7. The van der Waals surface area contributed by atoms with Crippen molar-refractivity contribution in [2.45, 2.75) is 26.8 Å². The molecule has 0 saturated heterocycles. The quantitative estimate of drug-likeness (QED) is 0.886. The van der Waals surface area contributed by atoms with Crippen molar-refractivity contribution < 1.29 is 14.0 Å². The number of hydrogen-bond acceptors (Lipinski definition) is 2. The molecule has 2 amide bonds. The van der Waals surface area contributed by atoms with Crippen LogP contribution in [-0.4, -0.2) is 18.4 Å². The zero-order chi connectivity index (χ0) is 17.5. The van der Waals surface area contributed by atoms with Gasteiger partial charge in [-0.05, 0) is 24.1 Å². The maximum absolute atomic E-state index is 13.6. The molecular weight excluding hydrogens is 307 g/mol. The van der Waals surface area contributed by atoms with Gasteiger partial charge in [0.25, 0.3) is 0 Å². The standard InChI is InChI=1S/C19H21FN2O2/c1-3-15-8-5-7-11-18(15)22(14(2)23)13-19(24)21-12-16-9-4-6-10-17(16)20/h4-11H,3,12-13H2,1-2H3,(H,21,24). The minimum Gasteiger partial charge on any atom is -0.350 e. The third-order valence-electron chi connectivity index (χ3n) is 3.78. The fourth-order valence-electron chi connectivity index (χ4n) is 2.47. The monoisotopic (exact) mass is 328 g/mol. The van der Waals surface area contributed by atoms with Gasteiger partial charge in [-0.1, -0.05) is 43.3 Å². The summed E-state index contributed by atoms with van der Waals surface area (Å²) in [6, 6.07) is 13.8. The molecular formula is C19H21FN2O2. The van der Waals surface area contributed by atoms with Crippen molar-refractivity contribution in [1.29, 1.82) is 0 Å². The Morgan fingerprint density at radius 3 is 2.29 bits per heavy atom. The van der Waals surface area contributed by atoms with E-state index in [2.05, 4.69) is 5.32 Å². The summed E-state index contributed by atoms with van der Waals surface area (Å²) in [5.74, 6) is -0.908. The average Bonchev–Trinajstić information content (AvgIpc) is 2.58. The highest BCUT2D eigenvalue weighted by atomic mass is 19.1. The van der Waals surface area contributed by atoms with Crippen molar-refractivity contribution in [3.05, 3.63) is 65.5 Å². The Morgan fingerprint density at radius 1 is 1.04 bits per heavy atom. The molecule has 2 rings (SSSR count). The van der Waals surface area contributed by atoms with Gasteiger partial charge in [0.2, 0.25) is 11.8 Å². The van der Waals surface area contributed by atoms with Gasteiger partial charge in [-0.3, -0.25) is 9.59 Å². The Morgan fingerprint density at radius 2 is 1.67 bits per heavy atom. The van der Waals surface area contributed by atoms with Crippen LogP contribution < -0.4 is 10.2 Å². The van der Waals surface area contributed by atoms with Crippen LogP contribution in [0, 0.1) is 5.82 Å². The van der Waals surface area contributed by atoms with Gasteiger partial charge in [0.05, 0.1) is 0 Å². The van der Waals surface area contributed by atoms with Crippen molar-refractivity contribution in [2.24, 2.45) is 0 Å². The van der Waals surface area contributed by atoms with E-state index in [9.17, 15) is 14.0 Å². The number of nitrogens with one attached hydrogen (secondary N) is 1. The number of halogens is 1. The highest BCUT2D eigenvalue weighted by Crippen LogP contribution is 2.21. The zero-order valence-electron chi connectivity index (χ0n) is 13.9. The minimum atomic E-state index is -0.363. The number of para-hydroxylation sites is 1.